The Balaban J connectivity index is 1.75. The third-order valence-electron chi connectivity index (χ3n) is 4.14. The van der Waals surface area contributed by atoms with Gasteiger partial charge in [0.15, 0.2) is 0 Å². The van der Waals surface area contributed by atoms with Gasteiger partial charge in [-0.3, -0.25) is 9.88 Å². The number of hydrogen-bond acceptors (Lipinski definition) is 3. The van der Waals surface area contributed by atoms with Gasteiger partial charge in [-0.1, -0.05) is 6.07 Å². The van der Waals surface area contributed by atoms with Crippen molar-refractivity contribution in [2.45, 2.75) is 37.8 Å². The zero-order valence-corrected chi connectivity index (χ0v) is 10.3. The smallest absolute Gasteiger partial charge is 0.0366 e. The van der Waals surface area contributed by atoms with Gasteiger partial charge in [0.1, 0.15) is 0 Å². The van der Waals surface area contributed by atoms with E-state index >= 15 is 0 Å². The quantitative estimate of drug-likeness (QED) is 0.843. The molecule has 0 saturated carbocycles. The van der Waals surface area contributed by atoms with E-state index in [1.165, 1.54) is 50.9 Å². The molecule has 1 unspecified atom stereocenters. The number of pyridine rings is 1. The molecule has 17 heavy (non-hydrogen) atoms. The molecular formula is C14H21N3. The molecule has 0 aliphatic carbocycles. The van der Waals surface area contributed by atoms with Crippen LogP contribution in [-0.4, -0.2) is 35.6 Å². The Morgan fingerprint density at radius 3 is 2.88 bits per heavy atom. The zero-order chi connectivity index (χ0) is 11.5. The topological polar surface area (TPSA) is 28.2 Å². The summed E-state index contributed by atoms with van der Waals surface area (Å²) >= 11 is 0. The predicted molar refractivity (Wildman–Crippen MR) is 68.8 cm³/mol. The van der Waals surface area contributed by atoms with Crippen molar-refractivity contribution in [3.05, 3.63) is 30.1 Å². The molecule has 0 aromatic carbocycles. The van der Waals surface area contributed by atoms with Crippen molar-refractivity contribution < 1.29 is 0 Å². The molecule has 3 heteroatoms. The standard InChI is InChI=1S/C14H21N3/c1-3-12(11-16-7-1)14-4-2-10-17(14)13-5-8-15-9-6-13/h1,3,7,11,13-15H,2,4-6,8-10H2. The van der Waals surface area contributed by atoms with Crippen LogP contribution in [0.15, 0.2) is 24.5 Å². The fraction of sp³-hybridized carbons (Fsp3) is 0.643. The summed E-state index contributed by atoms with van der Waals surface area (Å²) in [5.74, 6) is 0. The Hall–Kier alpha value is -0.930. The van der Waals surface area contributed by atoms with E-state index in [0.29, 0.717) is 6.04 Å². The molecule has 1 aromatic heterocycles. The second-order valence-electron chi connectivity index (χ2n) is 5.16. The fourth-order valence-corrected chi connectivity index (χ4v) is 3.30. The summed E-state index contributed by atoms with van der Waals surface area (Å²) in [5.41, 5.74) is 1.41. The number of hydrogen-bond donors (Lipinski definition) is 1. The van der Waals surface area contributed by atoms with Crippen LogP contribution >= 0.6 is 0 Å². The van der Waals surface area contributed by atoms with Crippen LogP contribution in [0.2, 0.25) is 0 Å². The van der Waals surface area contributed by atoms with Crippen LogP contribution in [0.5, 0.6) is 0 Å². The van der Waals surface area contributed by atoms with Crippen molar-refractivity contribution in [2.75, 3.05) is 19.6 Å². The molecule has 0 amide bonds. The van der Waals surface area contributed by atoms with Gasteiger partial charge in [-0.15, -0.1) is 0 Å². The SMILES string of the molecule is c1cncc(C2CCCN2C2CCNCC2)c1. The largest absolute Gasteiger partial charge is 0.317 e. The molecule has 3 rings (SSSR count). The molecule has 1 N–H and O–H groups in total. The van der Waals surface area contributed by atoms with Gasteiger partial charge in [-0.2, -0.15) is 0 Å². The highest BCUT2D eigenvalue weighted by Gasteiger charge is 2.32. The Morgan fingerprint density at radius 1 is 1.24 bits per heavy atom. The molecule has 3 nitrogen and oxygen atoms in total. The van der Waals surface area contributed by atoms with E-state index in [4.69, 9.17) is 0 Å². The van der Waals surface area contributed by atoms with E-state index in [2.05, 4.69) is 27.3 Å². The second kappa shape index (κ2) is 5.15. The van der Waals surface area contributed by atoms with E-state index < -0.39 is 0 Å². The monoisotopic (exact) mass is 231 g/mol. The van der Waals surface area contributed by atoms with Gasteiger partial charge in [-0.25, -0.2) is 0 Å². The summed E-state index contributed by atoms with van der Waals surface area (Å²) < 4.78 is 0. The Bertz CT molecular complexity index is 346. The Labute approximate surface area is 103 Å². The lowest BCUT2D eigenvalue weighted by atomic mass is 10.0. The molecule has 1 atom stereocenters. The first-order valence-corrected chi connectivity index (χ1v) is 6.81. The van der Waals surface area contributed by atoms with Gasteiger partial charge in [0, 0.05) is 24.5 Å². The van der Waals surface area contributed by atoms with Crippen molar-refractivity contribution >= 4 is 0 Å². The highest BCUT2D eigenvalue weighted by molar-refractivity contribution is 5.15. The molecule has 2 fully saturated rings. The summed E-state index contributed by atoms with van der Waals surface area (Å²) in [4.78, 5) is 6.99. The van der Waals surface area contributed by atoms with Crippen LogP contribution in [0.25, 0.3) is 0 Å². The van der Waals surface area contributed by atoms with Crippen LogP contribution < -0.4 is 5.32 Å². The predicted octanol–water partition coefficient (Wildman–Crippen LogP) is 1.97. The molecule has 1 aromatic rings. The maximum atomic E-state index is 4.27. The minimum atomic E-state index is 0.617. The number of nitrogens with zero attached hydrogens (tertiary/aromatic N) is 2. The van der Waals surface area contributed by atoms with Gasteiger partial charge < -0.3 is 5.32 Å². The lowest BCUT2D eigenvalue weighted by Gasteiger charge is -2.35. The average Bonchev–Trinajstić information content (AvgIpc) is 2.90. The fourth-order valence-electron chi connectivity index (χ4n) is 3.30. The van der Waals surface area contributed by atoms with E-state index in [0.717, 1.165) is 6.04 Å². The first-order chi connectivity index (χ1) is 8.45. The summed E-state index contributed by atoms with van der Waals surface area (Å²) in [6.45, 7) is 3.63. The lowest BCUT2D eigenvalue weighted by Crippen LogP contribution is -2.42. The minimum absolute atomic E-state index is 0.617. The van der Waals surface area contributed by atoms with E-state index in [1.54, 1.807) is 0 Å². The van der Waals surface area contributed by atoms with Crippen molar-refractivity contribution in [3.63, 3.8) is 0 Å². The van der Waals surface area contributed by atoms with Gasteiger partial charge in [0.2, 0.25) is 0 Å². The first-order valence-electron chi connectivity index (χ1n) is 6.81. The van der Waals surface area contributed by atoms with Crippen LogP contribution in [0.4, 0.5) is 0 Å². The molecule has 2 aliphatic rings. The van der Waals surface area contributed by atoms with E-state index in [-0.39, 0.29) is 0 Å². The lowest BCUT2D eigenvalue weighted by molar-refractivity contribution is 0.148. The average molecular weight is 231 g/mol. The van der Waals surface area contributed by atoms with Crippen molar-refractivity contribution in [1.29, 1.82) is 0 Å². The maximum Gasteiger partial charge on any atom is 0.0366 e. The van der Waals surface area contributed by atoms with Crippen LogP contribution in [0.1, 0.15) is 37.3 Å². The van der Waals surface area contributed by atoms with Gasteiger partial charge >= 0.3 is 0 Å². The van der Waals surface area contributed by atoms with Gasteiger partial charge in [0.25, 0.3) is 0 Å². The van der Waals surface area contributed by atoms with Gasteiger partial charge in [-0.05, 0) is 56.9 Å². The normalized spacial score (nSPS) is 27.4. The highest BCUT2D eigenvalue weighted by Crippen LogP contribution is 2.34. The summed E-state index contributed by atoms with van der Waals surface area (Å²) in [5, 5.41) is 3.45. The number of piperidine rings is 1. The first kappa shape index (κ1) is 11.2. The number of likely N-dealkylation sites (tertiary alicyclic amines) is 1. The molecule has 2 saturated heterocycles. The number of aromatic nitrogens is 1. The zero-order valence-electron chi connectivity index (χ0n) is 10.3. The van der Waals surface area contributed by atoms with Crippen LogP contribution in [0, 0.1) is 0 Å². The Morgan fingerprint density at radius 2 is 2.12 bits per heavy atom. The van der Waals surface area contributed by atoms with E-state index in [1.807, 2.05) is 12.4 Å². The molecule has 0 bridgehead atoms. The number of nitrogens with one attached hydrogen (secondary N) is 1. The summed E-state index contributed by atoms with van der Waals surface area (Å²) in [7, 11) is 0. The summed E-state index contributed by atoms with van der Waals surface area (Å²) in [6, 6.07) is 5.70. The van der Waals surface area contributed by atoms with Crippen molar-refractivity contribution in [1.82, 2.24) is 15.2 Å². The summed E-state index contributed by atoms with van der Waals surface area (Å²) in [6.07, 6.45) is 9.16. The Kier molecular flexibility index (Phi) is 3.39. The minimum Gasteiger partial charge on any atom is -0.317 e. The molecule has 92 valence electrons. The van der Waals surface area contributed by atoms with E-state index in [9.17, 15) is 0 Å². The van der Waals surface area contributed by atoms with Crippen LogP contribution in [0.3, 0.4) is 0 Å². The molecule has 0 spiro atoms. The second-order valence-corrected chi connectivity index (χ2v) is 5.16. The van der Waals surface area contributed by atoms with Crippen molar-refractivity contribution in [2.24, 2.45) is 0 Å². The molecule has 0 radical (unpaired) electrons. The third kappa shape index (κ3) is 2.35. The van der Waals surface area contributed by atoms with Crippen molar-refractivity contribution in [3.8, 4) is 0 Å². The van der Waals surface area contributed by atoms with Crippen LogP contribution in [-0.2, 0) is 0 Å². The molecule has 3 heterocycles. The third-order valence-corrected chi connectivity index (χ3v) is 4.14. The molecule has 2 aliphatic heterocycles. The maximum absolute atomic E-state index is 4.27. The van der Waals surface area contributed by atoms with Gasteiger partial charge in [0.05, 0.1) is 0 Å². The molecular weight excluding hydrogens is 210 g/mol. The highest BCUT2D eigenvalue weighted by atomic mass is 15.2. The number of rotatable bonds is 2.